The zero-order valence-corrected chi connectivity index (χ0v) is 23.5. The number of aromatic amines is 1. The van der Waals surface area contributed by atoms with Crippen LogP contribution in [-0.2, 0) is 11.3 Å². The van der Waals surface area contributed by atoms with Crippen LogP contribution in [0.15, 0.2) is 60.9 Å². The number of nitrogens with zero attached hydrogens (tertiary/aromatic N) is 4. The number of hydrogen-bond donors (Lipinski definition) is 2. The van der Waals surface area contributed by atoms with Gasteiger partial charge in [0.25, 0.3) is 0 Å². The first-order valence-corrected chi connectivity index (χ1v) is 14.5. The molecule has 2 atom stereocenters. The van der Waals surface area contributed by atoms with E-state index in [0.717, 1.165) is 66.5 Å². The maximum absolute atomic E-state index is 12.6. The van der Waals surface area contributed by atoms with Crippen LogP contribution in [-0.4, -0.2) is 69.1 Å². The van der Waals surface area contributed by atoms with Crippen molar-refractivity contribution >= 4 is 34.5 Å². The number of aryl methyl sites for hydroxylation is 1. The van der Waals surface area contributed by atoms with E-state index in [1.165, 1.54) is 5.56 Å². The van der Waals surface area contributed by atoms with Crippen molar-refractivity contribution in [1.29, 1.82) is 0 Å². The maximum atomic E-state index is 12.6. The Bertz CT molecular complexity index is 1470. The minimum atomic E-state index is -0.229. The normalized spacial score (nSPS) is 20.0. The molecule has 2 aromatic heterocycles. The van der Waals surface area contributed by atoms with E-state index in [1.54, 1.807) is 6.20 Å². The van der Waals surface area contributed by atoms with Gasteiger partial charge in [0.1, 0.15) is 6.61 Å². The molecule has 9 heteroatoms. The van der Waals surface area contributed by atoms with Crippen molar-refractivity contribution in [2.75, 3.05) is 31.5 Å². The highest BCUT2D eigenvalue weighted by molar-refractivity contribution is 6.33. The van der Waals surface area contributed by atoms with Crippen LogP contribution in [0.2, 0.25) is 5.02 Å². The largest absolute Gasteiger partial charge is 0.445 e. The first-order valence-electron chi connectivity index (χ1n) is 14.1. The van der Waals surface area contributed by atoms with E-state index < -0.39 is 0 Å². The van der Waals surface area contributed by atoms with Gasteiger partial charge in [-0.2, -0.15) is 0 Å². The van der Waals surface area contributed by atoms with Crippen molar-refractivity contribution in [3.05, 3.63) is 77.1 Å². The summed E-state index contributed by atoms with van der Waals surface area (Å²) in [5, 5.41) is 5.24. The molecule has 1 amide bonds. The lowest BCUT2D eigenvalue weighted by atomic mass is 9.89. The van der Waals surface area contributed by atoms with Gasteiger partial charge in [0.2, 0.25) is 5.95 Å². The summed E-state index contributed by atoms with van der Waals surface area (Å²) in [6.07, 6.45) is 7.84. The molecule has 2 fully saturated rings. The van der Waals surface area contributed by atoms with Crippen LogP contribution in [0.25, 0.3) is 22.2 Å². The fraction of sp³-hybridized carbons (Fsp3) is 0.387. The number of amides is 1. The molecule has 208 valence electrons. The molecule has 40 heavy (non-hydrogen) atoms. The average molecular weight is 559 g/mol. The molecule has 1 aliphatic carbocycles. The van der Waals surface area contributed by atoms with Crippen LogP contribution in [0.4, 0.5) is 10.7 Å². The van der Waals surface area contributed by atoms with Gasteiger partial charge in [-0.15, -0.1) is 0 Å². The Balaban J connectivity index is 1.05. The van der Waals surface area contributed by atoms with Crippen LogP contribution in [0, 0.1) is 6.92 Å². The second kappa shape index (κ2) is 11.9. The summed E-state index contributed by atoms with van der Waals surface area (Å²) < 4.78 is 5.54. The lowest BCUT2D eigenvalue weighted by Crippen LogP contribution is -2.53. The van der Waals surface area contributed by atoms with E-state index in [1.807, 2.05) is 41.4 Å². The highest BCUT2D eigenvalue weighted by Crippen LogP contribution is 2.33. The summed E-state index contributed by atoms with van der Waals surface area (Å²) in [4.78, 5) is 29.6. The maximum Gasteiger partial charge on any atom is 0.410 e. The first kappa shape index (κ1) is 26.6. The van der Waals surface area contributed by atoms with Gasteiger partial charge < -0.3 is 19.9 Å². The van der Waals surface area contributed by atoms with Gasteiger partial charge in [-0.1, -0.05) is 53.6 Å². The van der Waals surface area contributed by atoms with Crippen LogP contribution in [0.1, 0.15) is 36.8 Å². The van der Waals surface area contributed by atoms with Crippen molar-refractivity contribution < 1.29 is 9.53 Å². The van der Waals surface area contributed by atoms with E-state index in [0.29, 0.717) is 36.7 Å². The predicted molar refractivity (Wildman–Crippen MR) is 159 cm³/mol. The quantitative estimate of drug-likeness (QED) is 0.290. The van der Waals surface area contributed by atoms with E-state index in [-0.39, 0.29) is 12.1 Å². The predicted octanol–water partition coefficient (Wildman–Crippen LogP) is 6.26. The average Bonchev–Trinajstić information content (AvgIpc) is 3.40. The van der Waals surface area contributed by atoms with Gasteiger partial charge >= 0.3 is 6.09 Å². The molecule has 2 N–H and O–H groups in total. The van der Waals surface area contributed by atoms with E-state index >= 15 is 0 Å². The summed E-state index contributed by atoms with van der Waals surface area (Å²) in [6, 6.07) is 16.9. The Hall–Kier alpha value is -3.62. The van der Waals surface area contributed by atoms with Gasteiger partial charge in [0, 0.05) is 60.9 Å². The van der Waals surface area contributed by atoms with Crippen molar-refractivity contribution in [2.45, 2.75) is 51.3 Å². The molecule has 0 spiro atoms. The molecule has 6 rings (SSSR count). The van der Waals surface area contributed by atoms with Crippen LogP contribution >= 0.6 is 11.6 Å². The Morgan fingerprint density at radius 2 is 1.95 bits per heavy atom. The van der Waals surface area contributed by atoms with Gasteiger partial charge in [-0.25, -0.2) is 14.8 Å². The Morgan fingerprint density at radius 3 is 2.77 bits per heavy atom. The third-order valence-electron chi connectivity index (χ3n) is 8.11. The molecule has 8 nitrogen and oxygen atoms in total. The third kappa shape index (κ3) is 5.93. The van der Waals surface area contributed by atoms with Crippen LogP contribution in [0.5, 0.6) is 0 Å². The standard InChI is InChI=1S/C31H35ClN6O2/c1-21-10-11-28-25(16-21)26(18-33-28)29-27(32)19-34-30(36-29)35-23-8-5-9-24(17-23)37-12-14-38(15-13-37)31(39)40-20-22-6-3-2-4-7-22/h2-4,6-7,10-11,16,18-19,23-24,33H,5,8-9,12-15,17,20H2,1H3,(H,34,35,36)/t23-,24+/m1/s1. The van der Waals surface area contributed by atoms with E-state index in [9.17, 15) is 4.79 Å². The fourth-order valence-corrected chi connectivity index (χ4v) is 6.14. The number of hydrogen-bond acceptors (Lipinski definition) is 6. The van der Waals surface area contributed by atoms with Crippen LogP contribution < -0.4 is 5.32 Å². The Morgan fingerprint density at radius 1 is 1.12 bits per heavy atom. The number of carbonyl (C=O) groups excluding carboxylic acids is 1. The second-order valence-corrected chi connectivity index (χ2v) is 11.3. The molecule has 1 saturated carbocycles. The van der Waals surface area contributed by atoms with Crippen molar-refractivity contribution in [3.8, 4) is 11.3 Å². The lowest BCUT2D eigenvalue weighted by molar-refractivity contribution is 0.0518. The molecule has 0 bridgehead atoms. The SMILES string of the molecule is Cc1ccc2[nH]cc(-c3nc(N[C@@H]4CCC[C@H](N5CCN(C(=O)OCc6ccccc6)CC5)C4)ncc3Cl)c2c1. The number of anilines is 1. The number of ether oxygens (including phenoxy) is 1. The second-order valence-electron chi connectivity index (χ2n) is 10.9. The summed E-state index contributed by atoms with van der Waals surface area (Å²) in [5.74, 6) is 0.609. The molecule has 0 radical (unpaired) electrons. The number of carbonyl (C=O) groups is 1. The fourth-order valence-electron chi connectivity index (χ4n) is 5.95. The van der Waals surface area contributed by atoms with Gasteiger partial charge in [0.15, 0.2) is 0 Å². The summed E-state index contributed by atoms with van der Waals surface area (Å²) in [6.45, 7) is 5.50. The number of aromatic nitrogens is 3. The van der Waals surface area contributed by atoms with E-state index in [2.05, 4.69) is 45.3 Å². The lowest BCUT2D eigenvalue weighted by Gasteiger charge is -2.42. The highest BCUT2D eigenvalue weighted by Gasteiger charge is 2.31. The molecule has 0 unspecified atom stereocenters. The molecule has 2 aromatic carbocycles. The summed E-state index contributed by atoms with van der Waals surface area (Å²) >= 11 is 6.57. The zero-order valence-electron chi connectivity index (χ0n) is 22.8. The molecule has 1 aliphatic heterocycles. The monoisotopic (exact) mass is 558 g/mol. The first-order chi connectivity index (χ1) is 19.5. The minimum Gasteiger partial charge on any atom is -0.445 e. The number of halogens is 1. The smallest absolute Gasteiger partial charge is 0.410 e. The number of fused-ring (bicyclic) bond motifs is 1. The minimum absolute atomic E-state index is 0.229. The van der Waals surface area contributed by atoms with Crippen LogP contribution in [0.3, 0.4) is 0 Å². The topological polar surface area (TPSA) is 86.4 Å². The molecular weight excluding hydrogens is 524 g/mol. The number of rotatable bonds is 6. The Kier molecular flexibility index (Phi) is 7.89. The Labute approximate surface area is 239 Å². The number of benzene rings is 2. The van der Waals surface area contributed by atoms with E-state index in [4.69, 9.17) is 21.3 Å². The number of piperazine rings is 1. The molecular formula is C31H35ClN6O2. The van der Waals surface area contributed by atoms with Crippen molar-refractivity contribution in [1.82, 2.24) is 24.8 Å². The molecule has 1 saturated heterocycles. The third-order valence-corrected chi connectivity index (χ3v) is 8.39. The van der Waals surface area contributed by atoms with Gasteiger partial charge in [-0.3, -0.25) is 4.90 Å². The number of H-pyrrole nitrogens is 1. The summed E-state index contributed by atoms with van der Waals surface area (Å²) in [7, 11) is 0. The van der Waals surface area contributed by atoms with Crippen molar-refractivity contribution in [3.63, 3.8) is 0 Å². The molecule has 2 aliphatic rings. The van der Waals surface area contributed by atoms with Gasteiger partial charge in [0.05, 0.1) is 16.9 Å². The number of nitrogens with one attached hydrogen (secondary N) is 2. The molecule has 3 heterocycles. The van der Waals surface area contributed by atoms with Gasteiger partial charge in [-0.05, 0) is 50.3 Å². The van der Waals surface area contributed by atoms with Crippen molar-refractivity contribution in [2.24, 2.45) is 0 Å². The zero-order chi connectivity index (χ0) is 27.5. The molecule has 4 aromatic rings. The summed E-state index contributed by atoms with van der Waals surface area (Å²) in [5.41, 5.74) is 4.97. The highest BCUT2D eigenvalue weighted by atomic mass is 35.5.